The van der Waals surface area contributed by atoms with Crippen LogP contribution in [0.1, 0.15) is 24.6 Å². The summed E-state index contributed by atoms with van der Waals surface area (Å²) in [7, 11) is -9.55. The molecule has 5 heterocycles. The van der Waals surface area contributed by atoms with Crippen molar-refractivity contribution in [1.29, 1.82) is 0 Å². The largest absolute Gasteiger partial charge is 0.387 e. The van der Waals surface area contributed by atoms with Crippen molar-refractivity contribution in [1.82, 2.24) is 19.5 Å². The average Bonchev–Trinajstić information content (AvgIpc) is 3.55. The van der Waals surface area contributed by atoms with Crippen molar-refractivity contribution in [3.8, 4) is 0 Å². The summed E-state index contributed by atoms with van der Waals surface area (Å²) in [4.78, 5) is 43.1. The van der Waals surface area contributed by atoms with E-state index in [1.54, 1.807) is 0 Å². The molecular formula is C23H28ClN5O10P2. The molecule has 2 fully saturated rings. The highest BCUT2D eigenvalue weighted by atomic mass is 35.5. The number of halogens is 1. The Kier molecular flexibility index (Phi) is 7.53. The van der Waals surface area contributed by atoms with Crippen molar-refractivity contribution in [3.05, 3.63) is 41.4 Å². The van der Waals surface area contributed by atoms with E-state index in [2.05, 4.69) is 21.0 Å². The first-order valence-corrected chi connectivity index (χ1v) is 16.7. The minimum atomic E-state index is -4.85. The minimum Gasteiger partial charge on any atom is -0.387 e. The van der Waals surface area contributed by atoms with Gasteiger partial charge in [0, 0.05) is 30.9 Å². The van der Waals surface area contributed by atoms with Crippen molar-refractivity contribution in [2.45, 2.75) is 42.8 Å². The van der Waals surface area contributed by atoms with Gasteiger partial charge in [-0.05, 0) is 36.1 Å². The lowest BCUT2D eigenvalue weighted by molar-refractivity contribution is -0.0483. The molecule has 15 nitrogen and oxygen atoms in total. The molecule has 222 valence electrons. The quantitative estimate of drug-likeness (QED) is 0.185. The highest BCUT2D eigenvalue weighted by molar-refractivity contribution is 7.70. The van der Waals surface area contributed by atoms with E-state index in [9.17, 15) is 24.2 Å². The summed E-state index contributed by atoms with van der Waals surface area (Å²) < 4.78 is 40.7. The number of hydrogen-bond donors (Lipinski definition) is 5. The zero-order chi connectivity index (χ0) is 29.2. The number of nitrogens with zero attached hydrogens (tertiary/aromatic N) is 5. The van der Waals surface area contributed by atoms with Crippen LogP contribution in [0.25, 0.3) is 11.2 Å². The van der Waals surface area contributed by atoms with Crippen molar-refractivity contribution < 1.29 is 48.0 Å². The van der Waals surface area contributed by atoms with Crippen LogP contribution in [0.3, 0.4) is 0 Å². The second-order valence-corrected chi connectivity index (χ2v) is 14.8. The molecule has 0 saturated carbocycles. The summed E-state index contributed by atoms with van der Waals surface area (Å²) in [5.41, 5.74) is 2.62. The molecule has 2 saturated heterocycles. The Morgan fingerprint density at radius 2 is 1.83 bits per heavy atom. The van der Waals surface area contributed by atoms with E-state index in [1.807, 2.05) is 23.1 Å². The summed E-state index contributed by atoms with van der Waals surface area (Å²) >= 11 is 6.38. The average molecular weight is 632 g/mol. The second kappa shape index (κ2) is 10.6. The van der Waals surface area contributed by atoms with Gasteiger partial charge in [0.25, 0.3) is 0 Å². The summed E-state index contributed by atoms with van der Waals surface area (Å²) in [5.74, 6) is -0.936. The summed E-state index contributed by atoms with van der Waals surface area (Å²) in [5, 5.41) is 21.3. The summed E-state index contributed by atoms with van der Waals surface area (Å²) in [6, 6.07) is 8.06. The third kappa shape index (κ3) is 5.46. The van der Waals surface area contributed by atoms with E-state index in [0.29, 0.717) is 31.1 Å². The first kappa shape index (κ1) is 29.1. The van der Waals surface area contributed by atoms with Crippen LogP contribution in [-0.4, -0.2) is 95.0 Å². The van der Waals surface area contributed by atoms with E-state index in [-0.39, 0.29) is 16.3 Å². The van der Waals surface area contributed by atoms with Gasteiger partial charge in [-0.15, -0.1) is 0 Å². The first-order valence-electron chi connectivity index (χ1n) is 12.7. The lowest BCUT2D eigenvalue weighted by Crippen LogP contribution is -2.37. The van der Waals surface area contributed by atoms with Crippen molar-refractivity contribution >= 4 is 49.5 Å². The van der Waals surface area contributed by atoms with Gasteiger partial charge in [-0.1, -0.05) is 18.2 Å². The molecule has 1 aromatic carbocycles. The Balaban J connectivity index is 1.30. The number of aliphatic hydroxyl groups excluding tert-OH is 2. The molecule has 3 aromatic rings. The van der Waals surface area contributed by atoms with Crippen LogP contribution in [0.5, 0.6) is 0 Å². The highest BCUT2D eigenvalue weighted by Gasteiger charge is 2.47. The molecule has 5 atom stereocenters. The van der Waals surface area contributed by atoms with E-state index in [1.165, 1.54) is 16.5 Å². The molecule has 0 bridgehead atoms. The van der Waals surface area contributed by atoms with Crippen molar-refractivity contribution in [3.63, 3.8) is 0 Å². The number of hydrogen-bond acceptors (Lipinski definition) is 11. The Hall–Kier alpha value is -2.00. The third-order valence-corrected chi connectivity index (χ3v) is 11.3. The van der Waals surface area contributed by atoms with Gasteiger partial charge in [0.1, 0.15) is 18.3 Å². The Bertz CT molecular complexity index is 1560. The number of para-hydroxylation sites is 1. The molecule has 3 unspecified atom stereocenters. The molecule has 2 aromatic heterocycles. The summed E-state index contributed by atoms with van der Waals surface area (Å²) in [6.45, 7) is 1.20. The number of rotatable bonds is 7. The molecule has 5 N–H and O–H groups in total. The van der Waals surface area contributed by atoms with Gasteiger partial charge < -0.3 is 43.8 Å². The number of aromatic nitrogens is 4. The molecule has 1 spiro atoms. The summed E-state index contributed by atoms with van der Waals surface area (Å²) in [6.07, 6.45) is -2.60. The molecular weight excluding hydrogens is 604 g/mol. The number of ether oxygens (including phenoxy) is 2. The molecule has 0 amide bonds. The van der Waals surface area contributed by atoms with Crippen LogP contribution in [0, 0.1) is 0 Å². The number of benzene rings is 1. The fraction of sp³-hybridized carbons (Fsp3) is 0.522. The van der Waals surface area contributed by atoms with Crippen LogP contribution in [0.15, 0.2) is 30.6 Å². The van der Waals surface area contributed by atoms with Gasteiger partial charge in [0.05, 0.1) is 12.9 Å². The highest BCUT2D eigenvalue weighted by Crippen LogP contribution is 2.55. The molecule has 18 heteroatoms. The van der Waals surface area contributed by atoms with E-state index < -0.39 is 52.2 Å². The van der Waals surface area contributed by atoms with E-state index in [0.717, 1.165) is 18.5 Å². The first-order chi connectivity index (χ1) is 19.4. The standard InChI is InChI=1S/C23H28ClN5O10P2/c24-22-26-19(28-10-23(5-7-37-8-6-23)13-3-1-2-4-14(13)28)16-20(27-22)29(11-25-16)21-18(31)17(30)15(39-21)9-38-41(35,36)12-40(32,33)34/h1-4,11,15,17-18,21,30-31H,5-10,12H2,(H,35,36)(H2,32,33,34)/t15-,17?,18?,21-/m1/s1. The molecule has 0 aliphatic carbocycles. The molecule has 6 rings (SSSR count). The molecule has 0 radical (unpaired) electrons. The molecule has 3 aliphatic rings. The maximum atomic E-state index is 12.0. The SMILES string of the molecule is O=P(O)(O)CP(=O)(O)OC[C@H]1O[C@@H](n2cnc3c(N4CC5(CCOCC5)c5ccccc54)nc(Cl)nc32)C(O)C1O. The van der Waals surface area contributed by atoms with Gasteiger partial charge in [-0.25, -0.2) is 4.98 Å². The van der Waals surface area contributed by atoms with Crippen LogP contribution in [0.2, 0.25) is 5.28 Å². The second-order valence-electron chi connectivity index (χ2n) is 10.4. The maximum Gasteiger partial charge on any atom is 0.340 e. The topological polar surface area (TPSA) is 210 Å². The van der Waals surface area contributed by atoms with Gasteiger partial charge >= 0.3 is 15.2 Å². The van der Waals surface area contributed by atoms with Crippen molar-refractivity contribution in [2.24, 2.45) is 0 Å². The number of anilines is 2. The van der Waals surface area contributed by atoms with Crippen molar-refractivity contribution in [2.75, 3.05) is 37.2 Å². The van der Waals surface area contributed by atoms with Gasteiger partial charge in [-0.3, -0.25) is 13.7 Å². The van der Waals surface area contributed by atoms with Gasteiger partial charge in [0.15, 0.2) is 29.1 Å². The third-order valence-electron chi connectivity index (χ3n) is 7.72. The number of aliphatic hydroxyl groups is 2. The molecule has 3 aliphatic heterocycles. The number of fused-ring (bicyclic) bond motifs is 3. The van der Waals surface area contributed by atoms with Gasteiger partial charge in [0.2, 0.25) is 5.28 Å². The zero-order valence-electron chi connectivity index (χ0n) is 21.4. The number of imidazole rings is 1. The Labute approximate surface area is 238 Å². The van der Waals surface area contributed by atoms with Crippen LogP contribution >= 0.6 is 26.8 Å². The predicted molar refractivity (Wildman–Crippen MR) is 144 cm³/mol. The Morgan fingerprint density at radius 3 is 2.56 bits per heavy atom. The fourth-order valence-electron chi connectivity index (χ4n) is 5.82. The zero-order valence-corrected chi connectivity index (χ0v) is 24.0. The lowest BCUT2D eigenvalue weighted by atomic mass is 9.76. The van der Waals surface area contributed by atoms with Crippen LogP contribution < -0.4 is 4.90 Å². The van der Waals surface area contributed by atoms with Crippen LogP contribution in [-0.2, 0) is 28.5 Å². The van der Waals surface area contributed by atoms with E-state index >= 15 is 0 Å². The predicted octanol–water partition coefficient (Wildman–Crippen LogP) is 1.64. The van der Waals surface area contributed by atoms with E-state index in [4.69, 9.17) is 35.4 Å². The fourth-order valence-corrected chi connectivity index (χ4v) is 8.55. The lowest BCUT2D eigenvalue weighted by Gasteiger charge is -2.34. The smallest absolute Gasteiger partial charge is 0.340 e. The van der Waals surface area contributed by atoms with Gasteiger partial charge in [-0.2, -0.15) is 9.97 Å². The Morgan fingerprint density at radius 1 is 1.10 bits per heavy atom. The normalized spacial score (nSPS) is 27.4. The monoisotopic (exact) mass is 631 g/mol. The van der Waals surface area contributed by atoms with Crippen LogP contribution in [0.4, 0.5) is 11.5 Å². The molecule has 41 heavy (non-hydrogen) atoms. The maximum absolute atomic E-state index is 12.0. The minimum absolute atomic E-state index is 0.0776.